The highest BCUT2D eigenvalue weighted by Gasteiger charge is 2.44. The summed E-state index contributed by atoms with van der Waals surface area (Å²) in [6.07, 6.45) is 6.12. The predicted molar refractivity (Wildman–Crippen MR) is 122 cm³/mol. The van der Waals surface area contributed by atoms with E-state index in [2.05, 4.69) is 5.10 Å². The van der Waals surface area contributed by atoms with Crippen LogP contribution in [-0.4, -0.2) is 52.0 Å². The molecule has 0 aliphatic carbocycles. The molecule has 5 rings (SSSR count). The second-order valence-corrected chi connectivity index (χ2v) is 8.98. The maximum absolute atomic E-state index is 13.3. The molecule has 6 nitrogen and oxygen atoms in total. The standard InChI is InChI=1S/C25H26ClN3O3/c26-20-6-3-7-21(15-20)32-22-16-25(31-18-22)9-13-28(14-10-25)24(30)23-8-2-1-5-19(23)17-29-12-4-11-27-29/h1-8,11-12,15,22H,9-10,13-14,16-18H2/t22-/m1/s1. The Morgan fingerprint density at radius 1 is 1.16 bits per heavy atom. The van der Waals surface area contributed by atoms with Gasteiger partial charge < -0.3 is 14.4 Å². The average Bonchev–Trinajstić information content (AvgIpc) is 3.45. The Balaban J connectivity index is 1.20. The van der Waals surface area contributed by atoms with Crippen molar-refractivity contribution in [3.05, 3.63) is 83.1 Å². The summed E-state index contributed by atoms with van der Waals surface area (Å²) < 4.78 is 14.1. The monoisotopic (exact) mass is 451 g/mol. The third-order valence-electron chi connectivity index (χ3n) is 6.38. The van der Waals surface area contributed by atoms with Gasteiger partial charge in [-0.1, -0.05) is 35.9 Å². The van der Waals surface area contributed by atoms with E-state index >= 15 is 0 Å². The number of carbonyl (C=O) groups excluding carboxylic acids is 1. The lowest BCUT2D eigenvalue weighted by Gasteiger charge is -2.38. The minimum Gasteiger partial charge on any atom is -0.488 e. The first kappa shape index (κ1) is 21.0. The van der Waals surface area contributed by atoms with Crippen LogP contribution in [0.5, 0.6) is 5.75 Å². The SMILES string of the molecule is O=C(c1ccccc1Cn1cccn1)N1CCC2(CC1)C[C@@H](Oc1cccc(Cl)c1)CO2. The molecule has 2 aliphatic rings. The first-order chi connectivity index (χ1) is 15.6. The number of rotatable bonds is 5. The van der Waals surface area contributed by atoms with E-state index in [0.29, 0.717) is 31.3 Å². The largest absolute Gasteiger partial charge is 0.488 e. The van der Waals surface area contributed by atoms with E-state index in [1.54, 1.807) is 6.20 Å². The molecule has 1 aromatic heterocycles. The highest BCUT2D eigenvalue weighted by molar-refractivity contribution is 6.30. The van der Waals surface area contributed by atoms with Crippen molar-refractivity contribution in [3.8, 4) is 5.75 Å². The van der Waals surface area contributed by atoms with Crippen LogP contribution < -0.4 is 4.74 Å². The smallest absolute Gasteiger partial charge is 0.254 e. The number of hydrogen-bond donors (Lipinski definition) is 0. The van der Waals surface area contributed by atoms with Gasteiger partial charge in [-0.3, -0.25) is 9.48 Å². The van der Waals surface area contributed by atoms with Crippen molar-refractivity contribution in [1.29, 1.82) is 0 Å². The number of hydrogen-bond acceptors (Lipinski definition) is 4. The molecule has 166 valence electrons. The summed E-state index contributed by atoms with van der Waals surface area (Å²) in [5.74, 6) is 0.844. The number of piperidine rings is 1. The first-order valence-electron chi connectivity index (χ1n) is 11.0. The van der Waals surface area contributed by atoms with Gasteiger partial charge in [-0.15, -0.1) is 0 Å². The van der Waals surface area contributed by atoms with Gasteiger partial charge in [0.25, 0.3) is 5.91 Å². The van der Waals surface area contributed by atoms with Crippen LogP contribution in [0.25, 0.3) is 0 Å². The van der Waals surface area contributed by atoms with Gasteiger partial charge >= 0.3 is 0 Å². The minimum atomic E-state index is -0.214. The topological polar surface area (TPSA) is 56.6 Å². The summed E-state index contributed by atoms with van der Waals surface area (Å²) >= 11 is 6.07. The van der Waals surface area contributed by atoms with E-state index in [1.165, 1.54) is 0 Å². The number of carbonyl (C=O) groups is 1. The molecule has 3 heterocycles. The molecule has 0 saturated carbocycles. The van der Waals surface area contributed by atoms with Gasteiger partial charge in [0.2, 0.25) is 0 Å². The fourth-order valence-corrected chi connectivity index (χ4v) is 4.86. The highest BCUT2D eigenvalue weighted by Crippen LogP contribution is 2.38. The van der Waals surface area contributed by atoms with Crippen molar-refractivity contribution in [2.24, 2.45) is 0 Å². The zero-order valence-corrected chi connectivity index (χ0v) is 18.6. The van der Waals surface area contributed by atoms with Crippen LogP contribution >= 0.6 is 11.6 Å². The Labute approximate surface area is 192 Å². The number of ether oxygens (including phenoxy) is 2. The lowest BCUT2D eigenvalue weighted by atomic mass is 9.87. The summed E-state index contributed by atoms with van der Waals surface area (Å²) in [5, 5.41) is 4.93. The van der Waals surface area contributed by atoms with Gasteiger partial charge in [0.15, 0.2) is 0 Å². The Bertz CT molecular complexity index is 1080. The van der Waals surface area contributed by atoms with Crippen LogP contribution in [0.3, 0.4) is 0 Å². The summed E-state index contributed by atoms with van der Waals surface area (Å²) in [4.78, 5) is 15.3. The van der Waals surface area contributed by atoms with E-state index in [0.717, 1.165) is 36.1 Å². The molecule has 1 amide bonds. The van der Waals surface area contributed by atoms with E-state index in [1.807, 2.05) is 70.4 Å². The van der Waals surface area contributed by atoms with Crippen LogP contribution in [0, 0.1) is 0 Å². The zero-order chi connectivity index (χ0) is 22.0. The highest BCUT2D eigenvalue weighted by atomic mass is 35.5. The van der Waals surface area contributed by atoms with Crippen molar-refractivity contribution in [3.63, 3.8) is 0 Å². The van der Waals surface area contributed by atoms with Crippen molar-refractivity contribution in [2.45, 2.75) is 37.5 Å². The molecule has 1 atom stereocenters. The molecule has 2 fully saturated rings. The van der Waals surface area contributed by atoms with E-state index in [4.69, 9.17) is 21.1 Å². The van der Waals surface area contributed by atoms with Crippen LogP contribution in [0.4, 0.5) is 0 Å². The Kier molecular flexibility index (Phi) is 5.89. The van der Waals surface area contributed by atoms with Crippen LogP contribution in [-0.2, 0) is 11.3 Å². The molecule has 1 spiro atoms. The third kappa shape index (κ3) is 4.52. The molecule has 32 heavy (non-hydrogen) atoms. The molecule has 0 radical (unpaired) electrons. The van der Waals surface area contributed by atoms with Gasteiger partial charge in [-0.25, -0.2) is 0 Å². The van der Waals surface area contributed by atoms with Crippen molar-refractivity contribution < 1.29 is 14.3 Å². The lowest BCUT2D eigenvalue weighted by molar-refractivity contribution is -0.0395. The number of nitrogens with zero attached hydrogens (tertiary/aromatic N) is 3. The third-order valence-corrected chi connectivity index (χ3v) is 6.61. The van der Waals surface area contributed by atoms with Crippen LogP contribution in [0.15, 0.2) is 67.0 Å². The number of likely N-dealkylation sites (tertiary alicyclic amines) is 1. The van der Waals surface area contributed by atoms with Gasteiger partial charge in [0.1, 0.15) is 11.9 Å². The maximum Gasteiger partial charge on any atom is 0.254 e. The van der Waals surface area contributed by atoms with E-state index < -0.39 is 0 Å². The Morgan fingerprint density at radius 3 is 2.78 bits per heavy atom. The summed E-state index contributed by atoms with van der Waals surface area (Å²) in [5.41, 5.74) is 1.51. The molecule has 0 N–H and O–H groups in total. The first-order valence-corrected chi connectivity index (χ1v) is 11.4. The Hall–Kier alpha value is -2.83. The fraction of sp³-hybridized carbons (Fsp3) is 0.360. The number of benzene rings is 2. The number of amides is 1. The van der Waals surface area contributed by atoms with Crippen molar-refractivity contribution in [1.82, 2.24) is 14.7 Å². The van der Waals surface area contributed by atoms with E-state index in [-0.39, 0.29) is 17.6 Å². The molecular formula is C25H26ClN3O3. The van der Waals surface area contributed by atoms with Crippen molar-refractivity contribution in [2.75, 3.05) is 19.7 Å². The molecule has 0 bridgehead atoms. The van der Waals surface area contributed by atoms with Gasteiger partial charge in [0, 0.05) is 42.5 Å². The summed E-state index contributed by atoms with van der Waals surface area (Å²) in [6, 6.07) is 17.1. The summed E-state index contributed by atoms with van der Waals surface area (Å²) in [6.45, 7) is 2.50. The quantitative estimate of drug-likeness (QED) is 0.576. The maximum atomic E-state index is 13.3. The second kappa shape index (κ2) is 8.96. The number of halogens is 1. The van der Waals surface area contributed by atoms with Crippen LogP contribution in [0.1, 0.15) is 35.2 Å². The van der Waals surface area contributed by atoms with E-state index in [9.17, 15) is 4.79 Å². The summed E-state index contributed by atoms with van der Waals surface area (Å²) in [7, 11) is 0. The van der Waals surface area contributed by atoms with Gasteiger partial charge in [-0.2, -0.15) is 5.10 Å². The molecule has 0 unspecified atom stereocenters. The molecule has 3 aromatic rings. The normalized spacial score (nSPS) is 19.9. The Morgan fingerprint density at radius 2 is 2.00 bits per heavy atom. The molecule has 2 aliphatic heterocycles. The molecule has 2 aromatic carbocycles. The predicted octanol–water partition coefficient (Wildman–Crippen LogP) is 4.43. The zero-order valence-electron chi connectivity index (χ0n) is 17.8. The second-order valence-electron chi connectivity index (χ2n) is 8.55. The average molecular weight is 452 g/mol. The minimum absolute atomic E-state index is 0.00511. The van der Waals surface area contributed by atoms with Crippen molar-refractivity contribution >= 4 is 17.5 Å². The molecule has 2 saturated heterocycles. The van der Waals surface area contributed by atoms with Gasteiger partial charge in [-0.05, 0) is 48.7 Å². The van der Waals surface area contributed by atoms with Crippen LogP contribution in [0.2, 0.25) is 5.02 Å². The fourth-order valence-electron chi connectivity index (χ4n) is 4.68. The molecular weight excluding hydrogens is 426 g/mol. The van der Waals surface area contributed by atoms with Gasteiger partial charge in [0.05, 0.1) is 18.8 Å². The number of aromatic nitrogens is 2. The lowest BCUT2D eigenvalue weighted by Crippen LogP contribution is -2.46. The molecule has 7 heteroatoms.